The van der Waals surface area contributed by atoms with E-state index in [1.165, 1.54) is 17.8 Å². The molecule has 1 fully saturated rings. The average Bonchev–Trinajstić information content (AvgIpc) is 2.78. The first-order valence-electron chi connectivity index (χ1n) is 7.70. The van der Waals surface area contributed by atoms with Crippen molar-refractivity contribution in [1.29, 1.82) is 0 Å². The molecule has 1 aliphatic carbocycles. The molecule has 0 amide bonds. The first-order valence-corrected chi connectivity index (χ1v) is 10.0. The van der Waals surface area contributed by atoms with Crippen LogP contribution in [-0.2, 0) is 16.6 Å². The zero-order valence-corrected chi connectivity index (χ0v) is 14.8. The molecule has 1 aliphatic rings. The van der Waals surface area contributed by atoms with Gasteiger partial charge in [-0.2, -0.15) is 0 Å². The Kier molecular flexibility index (Phi) is 5.46. The fraction of sp³-hybridized carbons (Fsp3) is 0.733. The molecule has 21 heavy (non-hydrogen) atoms. The van der Waals surface area contributed by atoms with Gasteiger partial charge in [0.2, 0.25) is 0 Å². The second kappa shape index (κ2) is 6.77. The number of aryl methyl sites for hydroxylation is 1. The highest BCUT2D eigenvalue weighted by molar-refractivity contribution is 7.91. The van der Waals surface area contributed by atoms with Gasteiger partial charge in [-0.25, -0.2) is 13.1 Å². The fourth-order valence-corrected chi connectivity index (χ4v) is 5.87. The third-order valence-corrected chi connectivity index (χ3v) is 7.49. The molecule has 0 unspecified atom stereocenters. The molecule has 2 rings (SSSR count). The molecule has 0 spiro atoms. The summed E-state index contributed by atoms with van der Waals surface area (Å²) in [6, 6.07) is 1.80. The van der Waals surface area contributed by atoms with E-state index in [-0.39, 0.29) is 5.54 Å². The monoisotopic (exact) mass is 330 g/mol. The normalized spacial score (nSPS) is 18.8. The summed E-state index contributed by atoms with van der Waals surface area (Å²) in [4.78, 5) is 1.10. The number of rotatable bonds is 6. The van der Waals surface area contributed by atoms with E-state index in [0.717, 1.165) is 49.2 Å². The van der Waals surface area contributed by atoms with Crippen LogP contribution in [0.4, 0.5) is 0 Å². The second-order valence-electron chi connectivity index (χ2n) is 6.18. The minimum absolute atomic E-state index is 0.281. The highest BCUT2D eigenvalue weighted by atomic mass is 32.2. The van der Waals surface area contributed by atoms with Crippen molar-refractivity contribution in [3.8, 4) is 0 Å². The van der Waals surface area contributed by atoms with Gasteiger partial charge in [0.25, 0.3) is 10.0 Å². The summed E-state index contributed by atoms with van der Waals surface area (Å²) < 4.78 is 28.6. The van der Waals surface area contributed by atoms with E-state index >= 15 is 0 Å². The maximum absolute atomic E-state index is 12.6. The van der Waals surface area contributed by atoms with E-state index in [9.17, 15) is 8.42 Å². The number of sulfonamides is 1. The van der Waals surface area contributed by atoms with E-state index in [0.29, 0.717) is 4.21 Å². The Balaban J connectivity index is 2.15. The molecule has 0 saturated heterocycles. The van der Waals surface area contributed by atoms with Crippen molar-refractivity contribution in [1.82, 2.24) is 10.0 Å². The molecule has 1 aromatic rings. The van der Waals surface area contributed by atoms with Crippen molar-refractivity contribution in [2.75, 3.05) is 6.54 Å². The van der Waals surface area contributed by atoms with Crippen LogP contribution in [0.3, 0.4) is 0 Å². The second-order valence-corrected chi connectivity index (χ2v) is 9.22. The number of hydrogen-bond acceptors (Lipinski definition) is 4. The number of thiophene rings is 1. The summed E-state index contributed by atoms with van der Waals surface area (Å²) >= 11 is 1.38. The zero-order valence-electron chi connectivity index (χ0n) is 13.2. The van der Waals surface area contributed by atoms with Gasteiger partial charge >= 0.3 is 0 Å². The minimum atomic E-state index is -3.40. The standard InChI is InChI=1S/C15H26N2O2S2/c1-4-16-11-13-12(2)10-14(20-13)21(18,19)17-15(3)8-6-5-7-9-15/h10,16-17H,4-9,11H2,1-3H3. The lowest BCUT2D eigenvalue weighted by atomic mass is 9.84. The van der Waals surface area contributed by atoms with Gasteiger partial charge in [-0.1, -0.05) is 26.2 Å². The summed E-state index contributed by atoms with van der Waals surface area (Å²) in [6.45, 7) is 7.68. The molecule has 2 N–H and O–H groups in total. The van der Waals surface area contributed by atoms with Gasteiger partial charge in [-0.15, -0.1) is 11.3 Å². The van der Waals surface area contributed by atoms with Crippen LogP contribution in [0.15, 0.2) is 10.3 Å². The molecule has 0 aliphatic heterocycles. The maximum atomic E-state index is 12.6. The Labute approximate surface area is 132 Å². The minimum Gasteiger partial charge on any atom is -0.312 e. The van der Waals surface area contributed by atoms with Crippen molar-refractivity contribution in [3.05, 3.63) is 16.5 Å². The van der Waals surface area contributed by atoms with Crippen molar-refractivity contribution in [2.24, 2.45) is 0 Å². The molecule has 0 radical (unpaired) electrons. The van der Waals surface area contributed by atoms with Crippen LogP contribution in [0.1, 0.15) is 56.4 Å². The Morgan fingerprint density at radius 3 is 2.57 bits per heavy atom. The van der Waals surface area contributed by atoms with Crippen LogP contribution in [0.25, 0.3) is 0 Å². The van der Waals surface area contributed by atoms with Crippen molar-refractivity contribution >= 4 is 21.4 Å². The zero-order chi connectivity index (χ0) is 15.5. The van der Waals surface area contributed by atoms with Gasteiger partial charge in [-0.3, -0.25) is 0 Å². The average molecular weight is 331 g/mol. The lowest BCUT2D eigenvalue weighted by Crippen LogP contribution is -2.46. The van der Waals surface area contributed by atoms with E-state index in [4.69, 9.17) is 0 Å². The van der Waals surface area contributed by atoms with Crippen LogP contribution >= 0.6 is 11.3 Å². The molecular weight excluding hydrogens is 304 g/mol. The summed E-state index contributed by atoms with van der Waals surface area (Å²) in [7, 11) is -3.40. The summed E-state index contributed by atoms with van der Waals surface area (Å²) in [5.41, 5.74) is 0.770. The van der Waals surface area contributed by atoms with Gasteiger partial charge in [0.05, 0.1) is 0 Å². The Morgan fingerprint density at radius 2 is 1.95 bits per heavy atom. The molecule has 0 bridgehead atoms. The van der Waals surface area contributed by atoms with Gasteiger partial charge < -0.3 is 5.32 Å². The van der Waals surface area contributed by atoms with Crippen LogP contribution in [0.5, 0.6) is 0 Å². The largest absolute Gasteiger partial charge is 0.312 e. The van der Waals surface area contributed by atoms with Gasteiger partial charge in [-0.05, 0) is 44.9 Å². The smallest absolute Gasteiger partial charge is 0.250 e. The first-order chi connectivity index (χ1) is 9.86. The summed E-state index contributed by atoms with van der Waals surface area (Å²) in [5.74, 6) is 0. The third-order valence-electron chi connectivity index (χ3n) is 4.14. The highest BCUT2D eigenvalue weighted by Gasteiger charge is 2.32. The molecule has 120 valence electrons. The van der Waals surface area contributed by atoms with Gasteiger partial charge in [0.1, 0.15) is 4.21 Å². The van der Waals surface area contributed by atoms with E-state index in [2.05, 4.69) is 10.0 Å². The molecule has 6 heteroatoms. The lowest BCUT2D eigenvalue weighted by molar-refractivity contribution is 0.294. The van der Waals surface area contributed by atoms with Gasteiger partial charge in [0, 0.05) is 17.0 Å². The van der Waals surface area contributed by atoms with E-state index in [1.54, 1.807) is 6.07 Å². The molecule has 1 saturated carbocycles. The molecule has 4 nitrogen and oxygen atoms in total. The highest BCUT2D eigenvalue weighted by Crippen LogP contribution is 2.31. The Hall–Kier alpha value is -0.430. The van der Waals surface area contributed by atoms with Crippen molar-refractivity contribution in [3.63, 3.8) is 0 Å². The molecule has 0 aromatic carbocycles. The number of nitrogens with one attached hydrogen (secondary N) is 2. The number of hydrogen-bond donors (Lipinski definition) is 2. The molecule has 1 aromatic heterocycles. The topological polar surface area (TPSA) is 58.2 Å². The fourth-order valence-electron chi connectivity index (χ4n) is 2.84. The van der Waals surface area contributed by atoms with Crippen molar-refractivity contribution in [2.45, 2.75) is 69.2 Å². The lowest BCUT2D eigenvalue weighted by Gasteiger charge is -2.33. The SMILES string of the molecule is CCNCc1sc(S(=O)(=O)NC2(C)CCCCC2)cc1C. The van der Waals surface area contributed by atoms with Crippen molar-refractivity contribution < 1.29 is 8.42 Å². The van der Waals surface area contributed by atoms with Crippen LogP contribution in [0, 0.1) is 6.92 Å². The third kappa shape index (κ3) is 4.28. The van der Waals surface area contributed by atoms with Crippen LogP contribution in [0.2, 0.25) is 0 Å². The summed E-state index contributed by atoms with van der Waals surface area (Å²) in [6.07, 6.45) is 5.28. The first kappa shape index (κ1) is 16.9. The molecular formula is C15H26N2O2S2. The van der Waals surface area contributed by atoms with Crippen LogP contribution < -0.4 is 10.0 Å². The molecule has 0 atom stereocenters. The molecule has 1 heterocycles. The predicted octanol–water partition coefficient (Wildman–Crippen LogP) is 3.17. The van der Waals surface area contributed by atoms with Gasteiger partial charge in [0.15, 0.2) is 0 Å². The quantitative estimate of drug-likeness (QED) is 0.842. The predicted molar refractivity (Wildman–Crippen MR) is 88.2 cm³/mol. The Bertz CT molecular complexity index is 572. The van der Waals surface area contributed by atoms with Crippen LogP contribution in [-0.4, -0.2) is 20.5 Å². The van der Waals surface area contributed by atoms with E-state index in [1.807, 2.05) is 20.8 Å². The maximum Gasteiger partial charge on any atom is 0.250 e. The Morgan fingerprint density at radius 1 is 1.29 bits per heavy atom. The summed E-state index contributed by atoms with van der Waals surface area (Å²) in [5, 5.41) is 3.25. The van der Waals surface area contributed by atoms with E-state index < -0.39 is 10.0 Å².